The zero-order chi connectivity index (χ0) is 17.8. The Morgan fingerprint density at radius 3 is 1.92 bits per heavy atom. The number of hydrogen-bond acceptors (Lipinski definition) is 1. The Labute approximate surface area is 154 Å². The summed E-state index contributed by atoms with van der Waals surface area (Å²) in [6, 6.07) is 8.99. The van der Waals surface area contributed by atoms with Gasteiger partial charge in [0.15, 0.2) is 0 Å². The van der Waals surface area contributed by atoms with Gasteiger partial charge in [-0.3, -0.25) is 0 Å². The topological polar surface area (TPSA) is 20.2 Å². The fraction of sp³-hybridized carbons (Fsp3) is 0.636. The Kier molecular flexibility index (Phi) is 11.0. The number of unbranched alkanes of at least 4 members (excludes halogenated alkanes) is 3. The van der Waals surface area contributed by atoms with Gasteiger partial charge in [-0.25, -0.2) is 0 Å². The van der Waals surface area contributed by atoms with Crippen LogP contribution in [0.5, 0.6) is 0 Å². The van der Waals surface area contributed by atoms with Crippen molar-refractivity contribution in [2.45, 2.75) is 79.5 Å². The number of aliphatic hydroxyl groups is 1. The van der Waals surface area contributed by atoms with Gasteiger partial charge in [0, 0.05) is 0 Å². The van der Waals surface area contributed by atoms with Crippen molar-refractivity contribution in [2.24, 2.45) is 0 Å². The molecule has 24 heavy (non-hydrogen) atoms. The van der Waals surface area contributed by atoms with Crippen molar-refractivity contribution < 1.29 is 5.11 Å². The van der Waals surface area contributed by atoms with Crippen LogP contribution in [0.3, 0.4) is 0 Å². The first kappa shape index (κ1) is 21.8. The molecule has 0 heterocycles. The van der Waals surface area contributed by atoms with Gasteiger partial charge in [0.1, 0.15) is 0 Å². The molecule has 0 aliphatic carbocycles. The summed E-state index contributed by atoms with van der Waals surface area (Å²) in [6.07, 6.45) is 10.1. The molecule has 0 amide bonds. The number of rotatable bonds is 12. The molecule has 136 valence electrons. The molecule has 0 spiro atoms. The van der Waals surface area contributed by atoms with E-state index in [-0.39, 0.29) is 6.61 Å². The molecule has 1 N–H and O–H groups in total. The molecule has 0 aliphatic heterocycles. The van der Waals surface area contributed by atoms with Crippen molar-refractivity contribution >= 4 is 22.0 Å². The van der Waals surface area contributed by atoms with Crippen molar-refractivity contribution in [1.29, 1.82) is 0 Å². The second-order valence-corrected chi connectivity index (χ2v) is 20.4. The summed E-state index contributed by atoms with van der Waals surface area (Å²) in [5.41, 5.74) is 2.74. The Balaban J connectivity index is 3.32. The van der Waals surface area contributed by atoms with Crippen LogP contribution in [0, 0.1) is 6.92 Å². The monoisotopic (exact) mass is 438 g/mol. The zero-order valence-corrected chi connectivity index (χ0v) is 19.3. The van der Waals surface area contributed by atoms with Crippen LogP contribution >= 0.6 is 0 Å². The van der Waals surface area contributed by atoms with E-state index in [4.69, 9.17) is 0 Å². The van der Waals surface area contributed by atoms with Gasteiger partial charge >= 0.3 is 155 Å². The SMILES string of the molecule is CCC[CH2][Sn]([CH2]CCC)([CH2]CCC)/[C](=C/CO)c1cccc(C)c1. The normalized spacial score (nSPS) is 12.6. The van der Waals surface area contributed by atoms with Crippen LogP contribution in [0.15, 0.2) is 30.3 Å². The molecule has 1 nitrogen and oxygen atoms in total. The van der Waals surface area contributed by atoms with Gasteiger partial charge in [0.05, 0.1) is 0 Å². The summed E-state index contributed by atoms with van der Waals surface area (Å²) < 4.78 is 5.95. The maximum absolute atomic E-state index is 9.76. The molecule has 0 aromatic heterocycles. The second kappa shape index (κ2) is 12.1. The molecular formula is C22H38OSn. The van der Waals surface area contributed by atoms with Crippen molar-refractivity contribution in [1.82, 2.24) is 0 Å². The third kappa shape index (κ3) is 6.55. The minimum atomic E-state index is -2.49. The average Bonchev–Trinajstić information content (AvgIpc) is 2.60. The summed E-state index contributed by atoms with van der Waals surface area (Å²) in [5, 5.41) is 9.76. The fourth-order valence-electron chi connectivity index (χ4n) is 3.87. The summed E-state index contributed by atoms with van der Waals surface area (Å²) >= 11 is -2.49. The van der Waals surface area contributed by atoms with E-state index in [2.05, 4.69) is 58.0 Å². The zero-order valence-electron chi connectivity index (χ0n) is 16.4. The number of aliphatic hydroxyl groups excluding tert-OH is 1. The summed E-state index contributed by atoms with van der Waals surface area (Å²) in [6.45, 7) is 9.32. The van der Waals surface area contributed by atoms with E-state index in [1.807, 2.05) is 0 Å². The molecular weight excluding hydrogens is 399 g/mol. The van der Waals surface area contributed by atoms with Crippen LogP contribution < -0.4 is 0 Å². The van der Waals surface area contributed by atoms with E-state index in [1.54, 1.807) is 3.59 Å². The maximum atomic E-state index is 9.76. The third-order valence-corrected chi connectivity index (χ3v) is 21.1. The van der Waals surface area contributed by atoms with E-state index in [9.17, 15) is 5.11 Å². The quantitative estimate of drug-likeness (QED) is 0.359. The molecule has 0 unspecified atom stereocenters. The van der Waals surface area contributed by atoms with Gasteiger partial charge in [-0.15, -0.1) is 0 Å². The standard InChI is InChI=1S/C10H11O.3C4H9.Sn/c1-9-4-2-5-10(8-9)6-3-7-11;3*1-3-4-2;/h2-5,8,11H,7H2,1H3;3*1,3-4H2,2H3;. The van der Waals surface area contributed by atoms with E-state index in [0.29, 0.717) is 0 Å². The predicted molar refractivity (Wildman–Crippen MR) is 111 cm³/mol. The minimum absolute atomic E-state index is 0.187. The molecule has 0 saturated heterocycles. The first-order chi connectivity index (χ1) is 11.6. The molecule has 1 aromatic carbocycles. The summed E-state index contributed by atoms with van der Waals surface area (Å²) in [4.78, 5) is 0. The fourth-order valence-corrected chi connectivity index (χ4v) is 20.8. The van der Waals surface area contributed by atoms with E-state index < -0.39 is 18.4 Å². The molecule has 2 heteroatoms. The van der Waals surface area contributed by atoms with Crippen molar-refractivity contribution in [3.05, 3.63) is 41.5 Å². The molecule has 0 saturated carbocycles. The molecule has 0 fully saturated rings. The molecule has 0 aliphatic rings. The Hall–Kier alpha value is -0.281. The van der Waals surface area contributed by atoms with Crippen LogP contribution in [-0.2, 0) is 0 Å². The molecule has 1 aromatic rings. The van der Waals surface area contributed by atoms with Crippen LogP contribution in [0.2, 0.25) is 13.3 Å². The first-order valence-corrected chi connectivity index (χ1v) is 17.5. The molecule has 0 atom stereocenters. The number of benzene rings is 1. The van der Waals surface area contributed by atoms with E-state index in [1.165, 1.54) is 63.0 Å². The summed E-state index contributed by atoms with van der Waals surface area (Å²) in [7, 11) is 0. The number of aryl methyl sites for hydroxylation is 1. The summed E-state index contributed by atoms with van der Waals surface area (Å²) in [5.74, 6) is 0. The predicted octanol–water partition coefficient (Wildman–Crippen LogP) is 6.76. The van der Waals surface area contributed by atoms with Gasteiger partial charge < -0.3 is 0 Å². The van der Waals surface area contributed by atoms with Gasteiger partial charge in [-0.1, -0.05) is 0 Å². The van der Waals surface area contributed by atoms with E-state index >= 15 is 0 Å². The number of hydrogen-bond donors (Lipinski definition) is 1. The Bertz CT molecular complexity index is 471. The second-order valence-electron chi connectivity index (χ2n) is 7.26. The Morgan fingerprint density at radius 1 is 0.958 bits per heavy atom. The van der Waals surface area contributed by atoms with Crippen LogP contribution in [0.4, 0.5) is 0 Å². The third-order valence-electron chi connectivity index (χ3n) is 5.22. The van der Waals surface area contributed by atoms with Gasteiger partial charge in [0.25, 0.3) is 0 Å². The molecule has 0 radical (unpaired) electrons. The van der Waals surface area contributed by atoms with Crippen molar-refractivity contribution in [3.8, 4) is 0 Å². The van der Waals surface area contributed by atoms with Gasteiger partial charge in [-0.05, 0) is 0 Å². The van der Waals surface area contributed by atoms with Gasteiger partial charge in [-0.2, -0.15) is 0 Å². The van der Waals surface area contributed by atoms with Gasteiger partial charge in [0.2, 0.25) is 0 Å². The average molecular weight is 437 g/mol. The van der Waals surface area contributed by atoms with E-state index in [0.717, 1.165) is 0 Å². The van der Waals surface area contributed by atoms with Crippen molar-refractivity contribution in [2.75, 3.05) is 6.61 Å². The molecule has 1 rings (SSSR count). The first-order valence-electron chi connectivity index (χ1n) is 10.0. The molecule has 0 bridgehead atoms. The van der Waals surface area contributed by atoms with Crippen molar-refractivity contribution in [3.63, 3.8) is 0 Å². The Morgan fingerprint density at radius 2 is 1.50 bits per heavy atom. The van der Waals surface area contributed by atoms with Crippen LogP contribution in [0.1, 0.15) is 70.4 Å². The van der Waals surface area contributed by atoms with Crippen LogP contribution in [-0.4, -0.2) is 30.1 Å². The van der Waals surface area contributed by atoms with Crippen LogP contribution in [0.25, 0.3) is 3.59 Å².